The van der Waals surface area contributed by atoms with Crippen LogP contribution in [0.15, 0.2) is 29.0 Å². The number of methoxy groups -OCH3 is 1. The third kappa shape index (κ3) is 4.28. The predicted molar refractivity (Wildman–Crippen MR) is 93.6 cm³/mol. The van der Waals surface area contributed by atoms with Gasteiger partial charge in [0.15, 0.2) is 0 Å². The molecule has 2 aromatic rings. The predicted octanol–water partition coefficient (Wildman–Crippen LogP) is 4.79. The minimum atomic E-state index is -4.97. The number of thiophene rings is 1. The van der Waals surface area contributed by atoms with E-state index in [1.54, 1.807) is 16.8 Å². The Labute approximate surface area is 161 Å². The Morgan fingerprint density at radius 3 is 2.25 bits per heavy atom. The summed E-state index contributed by atoms with van der Waals surface area (Å²) in [5.74, 6) is -0.420. The van der Waals surface area contributed by atoms with Crippen molar-refractivity contribution in [2.45, 2.75) is 18.4 Å². The third-order valence-corrected chi connectivity index (χ3v) is 5.35. The quantitative estimate of drug-likeness (QED) is 0.715. The van der Waals surface area contributed by atoms with Crippen molar-refractivity contribution in [3.8, 4) is 5.75 Å². The van der Waals surface area contributed by atoms with Gasteiger partial charge in [-0.2, -0.15) is 37.7 Å². The number of nitrogens with zero attached hydrogens (tertiary/aromatic N) is 1. The maximum absolute atomic E-state index is 13.9. The van der Waals surface area contributed by atoms with E-state index < -0.39 is 35.3 Å². The first-order chi connectivity index (χ1) is 13.1. The van der Waals surface area contributed by atoms with Gasteiger partial charge in [-0.3, -0.25) is 4.90 Å². The molecule has 0 spiro atoms. The molecular weight excluding hydrogens is 406 g/mol. The topological polar surface area (TPSA) is 24.5 Å². The van der Waals surface area contributed by atoms with E-state index in [4.69, 9.17) is 4.74 Å². The number of ether oxygens (including phenoxy) is 1. The molecule has 1 aromatic heterocycles. The van der Waals surface area contributed by atoms with Crippen LogP contribution in [0.4, 0.5) is 26.3 Å². The van der Waals surface area contributed by atoms with E-state index >= 15 is 0 Å². The fourth-order valence-electron chi connectivity index (χ4n) is 3.41. The van der Waals surface area contributed by atoms with E-state index in [9.17, 15) is 26.3 Å². The van der Waals surface area contributed by atoms with Crippen molar-refractivity contribution in [2.24, 2.45) is 0 Å². The fourth-order valence-corrected chi connectivity index (χ4v) is 4.09. The smallest absolute Gasteiger partial charge is 0.416 e. The first-order valence-corrected chi connectivity index (χ1v) is 9.40. The van der Waals surface area contributed by atoms with Crippen LogP contribution in [0, 0.1) is 0 Å². The van der Waals surface area contributed by atoms with Gasteiger partial charge in [-0.05, 0) is 34.5 Å². The largest absolute Gasteiger partial charge is 0.496 e. The lowest BCUT2D eigenvalue weighted by Crippen LogP contribution is -2.45. The minimum absolute atomic E-state index is 0.180. The van der Waals surface area contributed by atoms with Crippen LogP contribution >= 0.6 is 11.3 Å². The highest BCUT2D eigenvalue weighted by atomic mass is 32.1. The molecule has 3 nitrogen and oxygen atoms in total. The summed E-state index contributed by atoms with van der Waals surface area (Å²) < 4.78 is 86.2. The summed E-state index contributed by atoms with van der Waals surface area (Å²) in [6, 6.07) is 1.66. The summed E-state index contributed by atoms with van der Waals surface area (Å²) in [5, 5.41) is 6.57. The summed E-state index contributed by atoms with van der Waals surface area (Å²) in [6.45, 7) is 2.07. The number of halogens is 6. The summed E-state index contributed by atoms with van der Waals surface area (Å²) in [7, 11) is 1.08. The molecule has 0 saturated carbocycles. The average molecular weight is 424 g/mol. The molecule has 1 N–H and O–H groups in total. The molecule has 10 heteroatoms. The first-order valence-electron chi connectivity index (χ1n) is 8.46. The van der Waals surface area contributed by atoms with Gasteiger partial charge in [0, 0.05) is 31.7 Å². The van der Waals surface area contributed by atoms with Crippen molar-refractivity contribution in [1.29, 1.82) is 0 Å². The molecule has 1 aromatic carbocycles. The summed E-state index contributed by atoms with van der Waals surface area (Å²) in [4.78, 5) is 1.83. The van der Waals surface area contributed by atoms with Gasteiger partial charge in [-0.25, -0.2) is 0 Å². The normalized spacial score (nSPS) is 17.5. The molecule has 1 saturated heterocycles. The maximum Gasteiger partial charge on any atom is 0.416 e. The van der Waals surface area contributed by atoms with Gasteiger partial charge in [-0.1, -0.05) is 0 Å². The van der Waals surface area contributed by atoms with Gasteiger partial charge in [0.1, 0.15) is 5.75 Å². The van der Waals surface area contributed by atoms with Crippen molar-refractivity contribution in [2.75, 3.05) is 33.3 Å². The fraction of sp³-hybridized carbons (Fsp3) is 0.444. The van der Waals surface area contributed by atoms with Crippen molar-refractivity contribution >= 4 is 11.3 Å². The number of hydrogen-bond donors (Lipinski definition) is 1. The van der Waals surface area contributed by atoms with Crippen LogP contribution in [-0.2, 0) is 12.4 Å². The van der Waals surface area contributed by atoms with Crippen LogP contribution in [0.2, 0.25) is 0 Å². The highest BCUT2D eigenvalue weighted by molar-refractivity contribution is 7.08. The van der Waals surface area contributed by atoms with Crippen LogP contribution in [-0.4, -0.2) is 38.2 Å². The molecule has 1 aliphatic heterocycles. The molecule has 28 heavy (non-hydrogen) atoms. The van der Waals surface area contributed by atoms with E-state index in [1.807, 2.05) is 4.90 Å². The van der Waals surface area contributed by atoms with E-state index in [0.717, 1.165) is 7.11 Å². The SMILES string of the molecule is COc1cc(C(F)(F)F)cc(C(F)(F)F)c1[C@@H](c1ccsc1)N1CCNCC1. The highest BCUT2D eigenvalue weighted by Crippen LogP contribution is 2.47. The van der Waals surface area contributed by atoms with E-state index in [-0.39, 0.29) is 11.6 Å². The monoisotopic (exact) mass is 424 g/mol. The lowest BCUT2D eigenvalue weighted by atomic mass is 9.91. The van der Waals surface area contributed by atoms with Gasteiger partial charge < -0.3 is 10.1 Å². The van der Waals surface area contributed by atoms with Crippen molar-refractivity contribution in [1.82, 2.24) is 10.2 Å². The van der Waals surface area contributed by atoms with Gasteiger partial charge in [-0.15, -0.1) is 0 Å². The van der Waals surface area contributed by atoms with E-state index in [0.29, 0.717) is 37.8 Å². The molecule has 2 heterocycles. The Kier molecular flexibility index (Phi) is 5.92. The lowest BCUT2D eigenvalue weighted by Gasteiger charge is -2.37. The van der Waals surface area contributed by atoms with Gasteiger partial charge >= 0.3 is 12.4 Å². The molecule has 1 aliphatic rings. The van der Waals surface area contributed by atoms with Crippen molar-refractivity contribution < 1.29 is 31.1 Å². The molecule has 0 unspecified atom stereocenters. The molecule has 0 aliphatic carbocycles. The molecule has 154 valence electrons. The molecule has 1 fully saturated rings. The standard InChI is InChI=1S/C18H18F6N2OS/c1-27-14-9-12(17(19,20)21)8-13(18(22,23)24)15(14)16(11-2-7-28-10-11)26-5-3-25-4-6-26/h2,7-10,16,25H,3-6H2,1H3/t16-/m1/s1. The molecular formula is C18H18F6N2OS. The van der Waals surface area contributed by atoms with Gasteiger partial charge in [0.25, 0.3) is 0 Å². The molecule has 1 atom stereocenters. The van der Waals surface area contributed by atoms with Gasteiger partial charge in [0.2, 0.25) is 0 Å². The van der Waals surface area contributed by atoms with Crippen LogP contribution < -0.4 is 10.1 Å². The zero-order chi connectivity index (χ0) is 20.5. The Bertz CT molecular complexity index is 798. The second-order valence-electron chi connectivity index (χ2n) is 6.38. The Morgan fingerprint density at radius 1 is 1.07 bits per heavy atom. The van der Waals surface area contributed by atoms with Crippen LogP contribution in [0.1, 0.15) is 28.3 Å². The number of nitrogens with one attached hydrogen (secondary N) is 1. The molecule has 0 amide bonds. The average Bonchev–Trinajstić information content (AvgIpc) is 3.15. The second-order valence-corrected chi connectivity index (χ2v) is 7.16. The highest BCUT2D eigenvalue weighted by Gasteiger charge is 2.43. The number of hydrogen-bond acceptors (Lipinski definition) is 4. The summed E-state index contributed by atoms with van der Waals surface area (Å²) in [6.07, 6.45) is -9.88. The van der Waals surface area contributed by atoms with Crippen molar-refractivity contribution in [3.63, 3.8) is 0 Å². The van der Waals surface area contributed by atoms with Crippen LogP contribution in [0.25, 0.3) is 0 Å². The minimum Gasteiger partial charge on any atom is -0.496 e. The zero-order valence-corrected chi connectivity index (χ0v) is 15.6. The Hall–Kier alpha value is -1.78. The van der Waals surface area contributed by atoms with Gasteiger partial charge in [0.05, 0.1) is 24.3 Å². The molecule has 0 bridgehead atoms. The molecule has 0 radical (unpaired) electrons. The number of benzene rings is 1. The summed E-state index contributed by atoms with van der Waals surface area (Å²) >= 11 is 1.32. The van der Waals surface area contributed by atoms with E-state index in [1.165, 1.54) is 11.3 Å². The first kappa shape index (κ1) is 20.9. The van der Waals surface area contributed by atoms with Crippen LogP contribution in [0.5, 0.6) is 5.75 Å². The Morgan fingerprint density at radius 2 is 1.75 bits per heavy atom. The zero-order valence-electron chi connectivity index (χ0n) is 14.8. The number of alkyl halides is 6. The maximum atomic E-state index is 13.9. The number of piperazine rings is 1. The third-order valence-electron chi connectivity index (χ3n) is 4.64. The summed E-state index contributed by atoms with van der Waals surface area (Å²) in [5.41, 5.74) is -2.41. The second kappa shape index (κ2) is 7.92. The molecule has 3 rings (SSSR count). The van der Waals surface area contributed by atoms with Crippen LogP contribution in [0.3, 0.4) is 0 Å². The number of rotatable bonds is 4. The van der Waals surface area contributed by atoms with E-state index in [2.05, 4.69) is 5.32 Å². The Balaban J connectivity index is 2.26. The lowest BCUT2D eigenvalue weighted by molar-refractivity contribution is -0.144. The van der Waals surface area contributed by atoms with Crippen molar-refractivity contribution in [3.05, 3.63) is 51.2 Å².